The van der Waals surface area contributed by atoms with E-state index < -0.39 is 0 Å². The molecule has 0 spiro atoms. The maximum absolute atomic E-state index is 12.1. The SMILES string of the molecule is Cc1nc(C)c(C(=O)Nc2ccc(Cl)c(C#CCN)c2)o1. The maximum Gasteiger partial charge on any atom is 0.293 e. The molecule has 0 fully saturated rings. The lowest BCUT2D eigenvalue weighted by Gasteiger charge is -2.05. The molecule has 0 radical (unpaired) electrons. The van der Waals surface area contributed by atoms with Crippen molar-refractivity contribution in [2.45, 2.75) is 13.8 Å². The maximum atomic E-state index is 12.1. The summed E-state index contributed by atoms with van der Waals surface area (Å²) in [6, 6.07) is 5.03. The molecule has 0 aliphatic rings. The van der Waals surface area contributed by atoms with Gasteiger partial charge in [-0.05, 0) is 25.1 Å². The van der Waals surface area contributed by atoms with E-state index in [1.807, 2.05) is 0 Å². The molecule has 2 aromatic rings. The van der Waals surface area contributed by atoms with Crippen LogP contribution in [0.15, 0.2) is 22.6 Å². The van der Waals surface area contributed by atoms with Gasteiger partial charge in [0.1, 0.15) is 0 Å². The van der Waals surface area contributed by atoms with Crippen LogP contribution in [0.25, 0.3) is 0 Å². The summed E-state index contributed by atoms with van der Waals surface area (Å²) < 4.78 is 5.27. The van der Waals surface area contributed by atoms with Gasteiger partial charge in [0.15, 0.2) is 5.89 Å². The second-order valence-corrected chi connectivity index (χ2v) is 4.71. The van der Waals surface area contributed by atoms with Crippen LogP contribution in [0.2, 0.25) is 5.02 Å². The largest absolute Gasteiger partial charge is 0.436 e. The molecule has 0 atom stereocenters. The fourth-order valence-electron chi connectivity index (χ4n) is 1.77. The van der Waals surface area contributed by atoms with E-state index in [0.717, 1.165) is 0 Å². The molecule has 2 rings (SSSR count). The number of benzene rings is 1. The molecule has 1 heterocycles. The van der Waals surface area contributed by atoms with Gasteiger partial charge in [-0.15, -0.1) is 0 Å². The lowest BCUT2D eigenvalue weighted by atomic mass is 10.2. The zero-order chi connectivity index (χ0) is 15.4. The van der Waals surface area contributed by atoms with E-state index in [0.29, 0.717) is 27.9 Å². The monoisotopic (exact) mass is 303 g/mol. The van der Waals surface area contributed by atoms with Gasteiger partial charge in [0, 0.05) is 18.2 Å². The van der Waals surface area contributed by atoms with Gasteiger partial charge in [0.2, 0.25) is 5.76 Å². The summed E-state index contributed by atoms with van der Waals surface area (Å²) in [4.78, 5) is 16.2. The molecule has 0 aliphatic carbocycles. The van der Waals surface area contributed by atoms with E-state index in [9.17, 15) is 4.79 Å². The molecule has 3 N–H and O–H groups in total. The zero-order valence-corrected chi connectivity index (χ0v) is 12.4. The Kier molecular flexibility index (Phi) is 4.63. The minimum Gasteiger partial charge on any atom is -0.436 e. The lowest BCUT2D eigenvalue weighted by molar-refractivity contribution is 0.0994. The number of hydrogen-bond acceptors (Lipinski definition) is 4. The van der Waals surface area contributed by atoms with Crippen LogP contribution in [0, 0.1) is 25.7 Å². The minimum atomic E-state index is -0.367. The summed E-state index contributed by atoms with van der Waals surface area (Å²) in [6.45, 7) is 3.64. The number of anilines is 1. The molecule has 1 aromatic heterocycles. The van der Waals surface area contributed by atoms with Crippen LogP contribution >= 0.6 is 11.6 Å². The van der Waals surface area contributed by atoms with E-state index in [1.54, 1.807) is 32.0 Å². The number of nitrogens with one attached hydrogen (secondary N) is 1. The number of hydrogen-bond donors (Lipinski definition) is 2. The highest BCUT2D eigenvalue weighted by Gasteiger charge is 2.16. The quantitative estimate of drug-likeness (QED) is 0.835. The van der Waals surface area contributed by atoms with Crippen LogP contribution in [0.3, 0.4) is 0 Å². The Bertz CT molecular complexity index is 741. The number of nitrogens with two attached hydrogens (primary N) is 1. The molecule has 21 heavy (non-hydrogen) atoms. The Morgan fingerprint density at radius 2 is 2.24 bits per heavy atom. The van der Waals surface area contributed by atoms with Gasteiger partial charge in [-0.1, -0.05) is 23.4 Å². The molecular formula is C15H14ClN3O2. The molecule has 1 aromatic carbocycles. The van der Waals surface area contributed by atoms with Crippen molar-refractivity contribution in [1.29, 1.82) is 0 Å². The number of rotatable bonds is 2. The lowest BCUT2D eigenvalue weighted by Crippen LogP contribution is -2.12. The number of oxazole rings is 1. The summed E-state index contributed by atoms with van der Waals surface area (Å²) in [7, 11) is 0. The first-order valence-corrected chi connectivity index (χ1v) is 6.63. The normalized spacial score (nSPS) is 9.90. The average molecular weight is 304 g/mol. The van der Waals surface area contributed by atoms with Crippen molar-refractivity contribution in [2.24, 2.45) is 5.73 Å². The summed E-state index contributed by atoms with van der Waals surface area (Å²) in [6.07, 6.45) is 0. The predicted octanol–water partition coefficient (Wildman–Crippen LogP) is 2.51. The van der Waals surface area contributed by atoms with E-state index in [4.69, 9.17) is 21.8 Å². The number of carbonyl (C=O) groups excluding carboxylic acids is 1. The minimum absolute atomic E-state index is 0.192. The number of carbonyl (C=O) groups is 1. The van der Waals surface area contributed by atoms with Crippen molar-refractivity contribution in [1.82, 2.24) is 4.98 Å². The average Bonchev–Trinajstić information content (AvgIpc) is 2.78. The third kappa shape index (κ3) is 3.63. The number of aryl methyl sites for hydroxylation is 2. The molecule has 108 valence electrons. The third-order valence-electron chi connectivity index (χ3n) is 2.66. The number of nitrogens with zero attached hydrogens (tertiary/aromatic N) is 1. The molecule has 5 nitrogen and oxygen atoms in total. The van der Waals surface area contributed by atoms with E-state index >= 15 is 0 Å². The van der Waals surface area contributed by atoms with Crippen molar-refractivity contribution in [3.63, 3.8) is 0 Å². The van der Waals surface area contributed by atoms with Crippen molar-refractivity contribution >= 4 is 23.2 Å². The summed E-state index contributed by atoms with van der Waals surface area (Å²) >= 11 is 6.03. The second kappa shape index (κ2) is 6.44. The van der Waals surface area contributed by atoms with Gasteiger partial charge in [-0.3, -0.25) is 4.79 Å². The summed E-state index contributed by atoms with van der Waals surface area (Å²) in [5.41, 5.74) is 7.05. The predicted molar refractivity (Wildman–Crippen MR) is 81.3 cm³/mol. The number of halogens is 1. The highest BCUT2D eigenvalue weighted by atomic mass is 35.5. The molecule has 6 heteroatoms. The first kappa shape index (κ1) is 15.1. The number of amides is 1. The first-order valence-electron chi connectivity index (χ1n) is 6.25. The smallest absolute Gasteiger partial charge is 0.293 e. The summed E-state index contributed by atoms with van der Waals surface area (Å²) in [5, 5.41) is 3.23. The second-order valence-electron chi connectivity index (χ2n) is 4.30. The van der Waals surface area contributed by atoms with Crippen LogP contribution in [0.5, 0.6) is 0 Å². The molecule has 0 unspecified atom stereocenters. The molecule has 0 saturated heterocycles. The van der Waals surface area contributed by atoms with Crippen LogP contribution in [-0.4, -0.2) is 17.4 Å². The number of aromatic nitrogens is 1. The molecule has 0 bridgehead atoms. The van der Waals surface area contributed by atoms with E-state index in [-0.39, 0.29) is 18.2 Å². The van der Waals surface area contributed by atoms with Crippen molar-refractivity contribution in [3.05, 3.63) is 46.1 Å². The molecule has 0 aliphatic heterocycles. The van der Waals surface area contributed by atoms with Gasteiger partial charge in [-0.2, -0.15) is 0 Å². The molecule has 1 amide bonds. The topological polar surface area (TPSA) is 81.2 Å². The Labute approximate surface area is 127 Å². The van der Waals surface area contributed by atoms with Gasteiger partial charge in [0.25, 0.3) is 5.91 Å². The van der Waals surface area contributed by atoms with E-state index in [1.165, 1.54) is 0 Å². The van der Waals surface area contributed by atoms with Crippen LogP contribution < -0.4 is 11.1 Å². The fraction of sp³-hybridized carbons (Fsp3) is 0.200. The highest BCUT2D eigenvalue weighted by Crippen LogP contribution is 2.21. The zero-order valence-electron chi connectivity index (χ0n) is 11.7. The van der Waals surface area contributed by atoms with Gasteiger partial charge in [-0.25, -0.2) is 4.98 Å². The Balaban J connectivity index is 2.23. The van der Waals surface area contributed by atoms with Gasteiger partial charge >= 0.3 is 0 Å². The van der Waals surface area contributed by atoms with Gasteiger partial charge < -0.3 is 15.5 Å². The molecule has 0 saturated carbocycles. The third-order valence-corrected chi connectivity index (χ3v) is 2.99. The van der Waals surface area contributed by atoms with Crippen molar-refractivity contribution in [3.8, 4) is 11.8 Å². The van der Waals surface area contributed by atoms with Gasteiger partial charge in [0.05, 0.1) is 17.3 Å². The standard InChI is InChI=1S/C15H14ClN3O2/c1-9-14(21-10(2)18-9)15(20)19-12-5-6-13(16)11(8-12)4-3-7-17/h5-6,8H,7,17H2,1-2H3,(H,19,20). The van der Waals surface area contributed by atoms with Crippen LogP contribution in [-0.2, 0) is 0 Å². The van der Waals surface area contributed by atoms with E-state index in [2.05, 4.69) is 22.1 Å². The fourth-order valence-corrected chi connectivity index (χ4v) is 1.94. The molecular weight excluding hydrogens is 290 g/mol. The van der Waals surface area contributed by atoms with Crippen LogP contribution in [0.1, 0.15) is 27.7 Å². The Hall–Kier alpha value is -2.29. The first-order chi connectivity index (χ1) is 10.0. The Morgan fingerprint density at radius 3 is 2.86 bits per heavy atom. The van der Waals surface area contributed by atoms with Crippen molar-refractivity contribution < 1.29 is 9.21 Å². The highest BCUT2D eigenvalue weighted by molar-refractivity contribution is 6.31. The Morgan fingerprint density at radius 1 is 1.48 bits per heavy atom. The van der Waals surface area contributed by atoms with Crippen molar-refractivity contribution in [2.75, 3.05) is 11.9 Å². The van der Waals surface area contributed by atoms with Crippen LogP contribution in [0.4, 0.5) is 5.69 Å². The summed E-state index contributed by atoms with van der Waals surface area (Å²) in [5.74, 6) is 5.84.